The van der Waals surface area contributed by atoms with E-state index in [-0.39, 0.29) is 18.9 Å². The molecule has 12 atom stereocenters. The fourth-order valence-electron chi connectivity index (χ4n) is 12.6. The topological polar surface area (TPSA) is 228 Å². The largest absolute Gasteiger partial charge is 0.394 e. The molecule has 0 aromatic rings. The van der Waals surface area contributed by atoms with Crippen molar-refractivity contribution < 1.29 is 64.6 Å². The van der Waals surface area contributed by atoms with E-state index >= 15 is 0 Å². The smallest absolute Gasteiger partial charge is 0.220 e. The van der Waals surface area contributed by atoms with Crippen LogP contribution in [0.1, 0.15) is 341 Å². The van der Waals surface area contributed by atoms with E-state index in [0.29, 0.717) is 12.8 Å². The zero-order chi connectivity index (χ0) is 65.9. The van der Waals surface area contributed by atoms with Crippen LogP contribution in [0.3, 0.4) is 0 Å². The minimum Gasteiger partial charge on any atom is -0.394 e. The van der Waals surface area contributed by atoms with Crippen molar-refractivity contribution in [2.24, 2.45) is 0 Å². The molecular formula is C77H143NO13. The summed E-state index contributed by atoms with van der Waals surface area (Å²) in [5.74, 6) is -0.246. The standard InChI is InChI=1S/C77H143NO13/c1-3-5-7-9-11-13-15-17-19-21-23-25-27-29-30-31-32-33-34-35-37-38-40-42-44-46-48-50-52-54-56-58-60-66(81)65(64-88-76-74(87)72(85)75(68(63-80)90-76)91-77-73(86)71(84)70(83)67(62-79)89-77)78-69(82)61-59-57-55-53-51-49-47-45-43-41-39-36-28-26-24-22-20-18-16-14-12-10-8-6-4-2/h16,18,22,24,50,52,58,60,65-68,70-77,79-81,83-87H,3-15,17,19-21,23,25-49,51,53-57,59,61-64H2,1-2H3,(H,78,82)/b18-16-,24-22-,52-50+,60-58+. The Labute approximate surface area is 556 Å². The van der Waals surface area contributed by atoms with Crippen molar-refractivity contribution in [3.8, 4) is 0 Å². The second kappa shape index (κ2) is 61.5. The van der Waals surface area contributed by atoms with Crippen molar-refractivity contribution in [1.29, 1.82) is 0 Å². The van der Waals surface area contributed by atoms with Gasteiger partial charge in [0, 0.05) is 6.42 Å². The van der Waals surface area contributed by atoms with Crippen LogP contribution in [-0.2, 0) is 23.7 Å². The van der Waals surface area contributed by atoms with Gasteiger partial charge < -0.3 is 65.1 Å². The monoisotopic (exact) mass is 1290 g/mol. The Morgan fingerprint density at radius 1 is 0.396 bits per heavy atom. The molecule has 2 saturated heterocycles. The molecule has 0 bridgehead atoms. The van der Waals surface area contributed by atoms with Crippen molar-refractivity contribution in [2.75, 3.05) is 19.8 Å². The number of rotatable bonds is 64. The molecule has 2 aliphatic heterocycles. The lowest BCUT2D eigenvalue weighted by atomic mass is 9.97. The third-order valence-corrected chi connectivity index (χ3v) is 18.7. The Morgan fingerprint density at radius 3 is 1.14 bits per heavy atom. The summed E-state index contributed by atoms with van der Waals surface area (Å²) in [4.78, 5) is 13.4. The zero-order valence-electron chi connectivity index (χ0n) is 58.3. The van der Waals surface area contributed by atoms with Gasteiger partial charge in [0.05, 0.1) is 32.0 Å². The lowest BCUT2D eigenvalue weighted by Crippen LogP contribution is -2.65. The van der Waals surface area contributed by atoms with Gasteiger partial charge in [0.25, 0.3) is 0 Å². The molecule has 0 radical (unpaired) electrons. The molecule has 9 N–H and O–H groups in total. The zero-order valence-corrected chi connectivity index (χ0v) is 58.3. The molecule has 1 amide bonds. The van der Waals surface area contributed by atoms with Gasteiger partial charge in [-0.3, -0.25) is 4.79 Å². The number of unbranched alkanes of at least 4 members (excludes halogenated alkanes) is 45. The van der Waals surface area contributed by atoms with Gasteiger partial charge in [-0.15, -0.1) is 0 Å². The first-order valence-corrected chi connectivity index (χ1v) is 38.4. The van der Waals surface area contributed by atoms with Gasteiger partial charge in [-0.25, -0.2) is 0 Å². The average Bonchev–Trinajstić information content (AvgIpc) is 1.15. The van der Waals surface area contributed by atoms with Gasteiger partial charge in [-0.1, -0.05) is 319 Å². The van der Waals surface area contributed by atoms with E-state index in [1.807, 2.05) is 6.08 Å². The Morgan fingerprint density at radius 2 is 0.736 bits per heavy atom. The lowest BCUT2D eigenvalue weighted by molar-refractivity contribution is -0.359. The molecule has 14 nitrogen and oxygen atoms in total. The van der Waals surface area contributed by atoms with Crippen LogP contribution >= 0.6 is 0 Å². The number of carbonyl (C=O) groups is 1. The third kappa shape index (κ3) is 45.2. The van der Waals surface area contributed by atoms with Crippen molar-refractivity contribution >= 4 is 5.91 Å². The van der Waals surface area contributed by atoms with E-state index in [9.17, 15) is 45.6 Å². The van der Waals surface area contributed by atoms with E-state index < -0.39 is 86.8 Å². The minimum absolute atomic E-state index is 0.246. The fraction of sp³-hybridized carbons (Fsp3) is 0.883. The summed E-state index contributed by atoms with van der Waals surface area (Å²) in [5.41, 5.74) is 0. The van der Waals surface area contributed by atoms with Gasteiger partial charge in [0.1, 0.15) is 48.8 Å². The summed E-state index contributed by atoms with van der Waals surface area (Å²) in [6.07, 6.45) is 64.7. The molecule has 0 saturated carbocycles. The Kier molecular flexibility index (Phi) is 57.5. The number of hydrogen-bond donors (Lipinski definition) is 9. The minimum atomic E-state index is -1.79. The lowest BCUT2D eigenvalue weighted by Gasteiger charge is -2.46. The van der Waals surface area contributed by atoms with Gasteiger partial charge in [-0.05, 0) is 64.2 Å². The number of amides is 1. The summed E-state index contributed by atoms with van der Waals surface area (Å²) in [6.45, 7) is 2.82. The average molecular weight is 1290 g/mol. The van der Waals surface area contributed by atoms with Crippen molar-refractivity contribution in [1.82, 2.24) is 5.32 Å². The van der Waals surface area contributed by atoms with Crippen molar-refractivity contribution in [3.63, 3.8) is 0 Å². The maximum Gasteiger partial charge on any atom is 0.220 e. The third-order valence-electron chi connectivity index (χ3n) is 18.7. The highest BCUT2D eigenvalue weighted by molar-refractivity contribution is 5.76. The van der Waals surface area contributed by atoms with Gasteiger partial charge >= 0.3 is 0 Å². The predicted molar refractivity (Wildman–Crippen MR) is 374 cm³/mol. The van der Waals surface area contributed by atoms with Crippen molar-refractivity contribution in [2.45, 2.75) is 415 Å². The van der Waals surface area contributed by atoms with Crippen LogP contribution in [0.5, 0.6) is 0 Å². The number of carbonyl (C=O) groups excluding carboxylic acids is 1. The van der Waals surface area contributed by atoms with Crippen LogP contribution in [0.4, 0.5) is 0 Å². The van der Waals surface area contributed by atoms with Crippen LogP contribution in [0.25, 0.3) is 0 Å². The number of allylic oxidation sites excluding steroid dienone is 7. The molecule has 2 aliphatic rings. The molecule has 0 spiro atoms. The molecule has 2 heterocycles. The first-order valence-electron chi connectivity index (χ1n) is 38.4. The Balaban J connectivity index is 1.65. The first-order chi connectivity index (χ1) is 44.6. The van der Waals surface area contributed by atoms with Gasteiger partial charge in [0.2, 0.25) is 5.91 Å². The van der Waals surface area contributed by atoms with Crippen molar-refractivity contribution in [3.05, 3.63) is 48.6 Å². The second-order valence-electron chi connectivity index (χ2n) is 27.1. The van der Waals surface area contributed by atoms with E-state index in [1.165, 1.54) is 270 Å². The van der Waals surface area contributed by atoms with Crippen LogP contribution in [0.15, 0.2) is 48.6 Å². The van der Waals surface area contributed by atoms with Crippen LogP contribution in [0, 0.1) is 0 Å². The van der Waals surface area contributed by atoms with E-state index in [4.69, 9.17) is 18.9 Å². The highest BCUT2D eigenvalue weighted by Crippen LogP contribution is 2.30. The number of aliphatic hydroxyl groups is 8. The molecule has 0 aliphatic carbocycles. The fourth-order valence-corrected chi connectivity index (χ4v) is 12.6. The van der Waals surface area contributed by atoms with Gasteiger partial charge in [-0.2, -0.15) is 0 Å². The van der Waals surface area contributed by atoms with Gasteiger partial charge in [0.15, 0.2) is 12.6 Å². The SMILES string of the molecule is CCCCCCC/C=C\C/C=C\CCCCCCCCCCCCCCCC(=O)NC(COC1OC(CO)C(OC2OC(CO)C(O)C(O)C2O)C(O)C1O)C(O)/C=C/CC/C=C/CCCCCCCCCCCCCCCCCCCCCCCCCCCC. The molecule has 2 rings (SSSR count). The molecule has 12 unspecified atom stereocenters. The molecule has 0 aromatic heterocycles. The normalized spacial score (nSPS) is 23.0. The van der Waals surface area contributed by atoms with Crippen LogP contribution in [-0.4, -0.2) is 140 Å². The maximum absolute atomic E-state index is 13.4. The summed E-state index contributed by atoms with van der Waals surface area (Å²) < 4.78 is 22.9. The molecule has 2 fully saturated rings. The van der Waals surface area contributed by atoms with E-state index in [2.05, 4.69) is 55.6 Å². The quantitative estimate of drug-likeness (QED) is 0.0204. The second-order valence-corrected chi connectivity index (χ2v) is 27.1. The highest BCUT2D eigenvalue weighted by atomic mass is 16.7. The number of hydrogen-bond acceptors (Lipinski definition) is 13. The van der Waals surface area contributed by atoms with E-state index in [0.717, 1.165) is 38.5 Å². The van der Waals surface area contributed by atoms with Crippen LogP contribution < -0.4 is 5.32 Å². The van der Waals surface area contributed by atoms with E-state index in [1.54, 1.807) is 6.08 Å². The molecule has 14 heteroatoms. The molecule has 0 aromatic carbocycles. The number of nitrogens with one attached hydrogen (secondary N) is 1. The molecule has 91 heavy (non-hydrogen) atoms. The highest BCUT2D eigenvalue weighted by Gasteiger charge is 2.51. The summed E-state index contributed by atoms with van der Waals surface area (Å²) in [5, 5.41) is 87.6. The predicted octanol–water partition coefficient (Wildman–Crippen LogP) is 16.6. The summed E-state index contributed by atoms with van der Waals surface area (Å²) >= 11 is 0. The number of aliphatic hydroxyl groups excluding tert-OH is 8. The Bertz CT molecular complexity index is 1710. The molecule has 534 valence electrons. The maximum atomic E-state index is 13.4. The molecular weight excluding hydrogens is 1150 g/mol. The summed E-state index contributed by atoms with van der Waals surface area (Å²) in [6, 6.07) is -0.935. The Hall–Kier alpha value is -2.05. The summed E-state index contributed by atoms with van der Waals surface area (Å²) in [7, 11) is 0. The number of ether oxygens (including phenoxy) is 4. The van der Waals surface area contributed by atoms with Crippen LogP contribution in [0.2, 0.25) is 0 Å². The first kappa shape index (κ1) is 85.0.